The molecular formula is C38H47ClN2O. The standard InChI is InChI=1S/C38H47ClN2O/c1-20(2)33-21(3)31(25(7)40)23(5)38(10)24(6)34-22(4)32-29(18-36(34,8)19-37(33,38)9)30(41(11)12)17-28(35(32)42)26-14-13-15-27(39)16-26/h13-17,20,33,42H,4-5,7,18-19,40H2,1-3,6,8-12H3/t33-,36+,37+,38+/m1/s1. The number of rotatable bonds is 4. The minimum absolute atomic E-state index is 0.109. The Balaban J connectivity index is 1.84. The monoisotopic (exact) mass is 582 g/mol. The van der Waals surface area contributed by atoms with E-state index in [1.807, 2.05) is 24.3 Å². The van der Waals surface area contributed by atoms with Crippen molar-refractivity contribution in [2.45, 2.75) is 61.3 Å². The van der Waals surface area contributed by atoms with Crippen molar-refractivity contribution in [2.24, 2.45) is 33.8 Å². The molecule has 0 aliphatic heterocycles. The third-order valence-corrected chi connectivity index (χ3v) is 11.5. The summed E-state index contributed by atoms with van der Waals surface area (Å²) in [7, 11) is 4.15. The van der Waals surface area contributed by atoms with Crippen LogP contribution in [0.25, 0.3) is 16.7 Å². The van der Waals surface area contributed by atoms with Crippen LogP contribution in [0.4, 0.5) is 5.69 Å². The third kappa shape index (κ3) is 3.85. The number of nitrogens with zero attached hydrogens (tertiary/aromatic N) is 1. The molecule has 42 heavy (non-hydrogen) atoms. The topological polar surface area (TPSA) is 49.5 Å². The molecular weight excluding hydrogens is 536 g/mol. The van der Waals surface area contributed by atoms with E-state index in [9.17, 15) is 5.11 Å². The second-order valence-electron chi connectivity index (χ2n) is 14.3. The van der Waals surface area contributed by atoms with Crippen LogP contribution in [0.3, 0.4) is 0 Å². The Hall–Kier alpha value is -3.17. The van der Waals surface area contributed by atoms with E-state index in [1.165, 1.54) is 16.7 Å². The highest BCUT2D eigenvalue weighted by Gasteiger charge is 2.63. The normalized spacial score (nSPS) is 29.0. The van der Waals surface area contributed by atoms with Crippen molar-refractivity contribution in [2.75, 3.05) is 19.0 Å². The van der Waals surface area contributed by atoms with Crippen LogP contribution in [0, 0.1) is 28.1 Å². The van der Waals surface area contributed by atoms with Crippen molar-refractivity contribution in [1.29, 1.82) is 0 Å². The maximum Gasteiger partial charge on any atom is 0.131 e. The van der Waals surface area contributed by atoms with Crippen LogP contribution in [0.1, 0.15) is 66.0 Å². The Kier molecular flexibility index (Phi) is 6.98. The molecule has 3 aliphatic rings. The summed E-state index contributed by atoms with van der Waals surface area (Å²) in [4.78, 5) is 2.16. The molecule has 0 radical (unpaired) electrons. The van der Waals surface area contributed by atoms with E-state index >= 15 is 0 Å². The Morgan fingerprint density at radius 3 is 2.31 bits per heavy atom. The van der Waals surface area contributed by atoms with E-state index in [2.05, 4.69) is 80.1 Å². The molecule has 0 unspecified atom stereocenters. The SMILES string of the molecule is C=C(N)C1=C(C)[C@@H](C(C)C)[C@]2(C)C[C@]3(C)Cc4c(N(C)C)cc(-c5cccc(Cl)c5)c(O)c4C(=C)C3=C(C)[C@]2(C)C1=C. The summed E-state index contributed by atoms with van der Waals surface area (Å²) >= 11 is 6.39. The van der Waals surface area contributed by atoms with E-state index < -0.39 is 0 Å². The van der Waals surface area contributed by atoms with Gasteiger partial charge in [0.15, 0.2) is 0 Å². The number of aromatic hydroxyl groups is 1. The van der Waals surface area contributed by atoms with Crippen molar-refractivity contribution in [3.8, 4) is 16.9 Å². The average molecular weight is 583 g/mol. The number of hydrogen-bond donors (Lipinski definition) is 2. The van der Waals surface area contributed by atoms with Crippen LogP contribution >= 0.6 is 11.6 Å². The van der Waals surface area contributed by atoms with Gasteiger partial charge < -0.3 is 15.7 Å². The summed E-state index contributed by atoms with van der Waals surface area (Å²) < 4.78 is 0. The van der Waals surface area contributed by atoms with Crippen LogP contribution in [-0.4, -0.2) is 19.2 Å². The van der Waals surface area contributed by atoms with Gasteiger partial charge in [0.25, 0.3) is 0 Å². The highest BCUT2D eigenvalue weighted by molar-refractivity contribution is 6.30. The number of phenols is 1. The van der Waals surface area contributed by atoms with Gasteiger partial charge in [-0.3, -0.25) is 0 Å². The molecule has 0 bridgehead atoms. The van der Waals surface area contributed by atoms with Gasteiger partial charge in [0.05, 0.1) is 0 Å². The smallest absolute Gasteiger partial charge is 0.131 e. The minimum Gasteiger partial charge on any atom is -0.507 e. The van der Waals surface area contributed by atoms with Gasteiger partial charge in [-0.05, 0) is 101 Å². The number of allylic oxidation sites excluding steroid dienone is 5. The molecule has 4 heteroatoms. The Labute approximate surface area is 258 Å². The predicted molar refractivity (Wildman–Crippen MR) is 181 cm³/mol. The first-order valence-corrected chi connectivity index (χ1v) is 15.4. The molecule has 2 aromatic carbocycles. The molecule has 3 N–H and O–H groups in total. The quantitative estimate of drug-likeness (QED) is 0.377. The van der Waals surface area contributed by atoms with E-state index in [4.69, 9.17) is 30.5 Å². The molecule has 0 saturated carbocycles. The summed E-state index contributed by atoms with van der Waals surface area (Å²) in [6, 6.07) is 9.79. The van der Waals surface area contributed by atoms with Gasteiger partial charge in [-0.2, -0.15) is 0 Å². The lowest BCUT2D eigenvalue weighted by Crippen LogP contribution is -2.57. The summed E-state index contributed by atoms with van der Waals surface area (Å²) in [6.45, 7) is 30.1. The van der Waals surface area contributed by atoms with Gasteiger partial charge in [0, 0.05) is 47.0 Å². The van der Waals surface area contributed by atoms with Crippen molar-refractivity contribution >= 4 is 22.9 Å². The van der Waals surface area contributed by atoms with Crippen LogP contribution in [0.2, 0.25) is 5.02 Å². The number of fused-ring (bicyclic) bond motifs is 3. The zero-order valence-electron chi connectivity index (χ0n) is 26.9. The van der Waals surface area contributed by atoms with Crippen molar-refractivity contribution < 1.29 is 5.11 Å². The lowest BCUT2D eigenvalue weighted by atomic mass is 9.38. The van der Waals surface area contributed by atoms with Crippen LogP contribution in [-0.2, 0) is 6.42 Å². The molecule has 2 aromatic rings. The number of halogens is 1. The molecule has 0 amide bonds. The molecule has 0 fully saturated rings. The first-order chi connectivity index (χ1) is 19.4. The fourth-order valence-corrected chi connectivity index (χ4v) is 9.93. The maximum absolute atomic E-state index is 12.0. The Morgan fingerprint density at radius 2 is 1.76 bits per heavy atom. The number of anilines is 1. The van der Waals surface area contributed by atoms with Crippen molar-refractivity contribution in [3.63, 3.8) is 0 Å². The molecule has 0 spiro atoms. The predicted octanol–water partition coefficient (Wildman–Crippen LogP) is 9.72. The molecule has 0 saturated heterocycles. The zero-order valence-corrected chi connectivity index (χ0v) is 27.7. The highest BCUT2D eigenvalue weighted by atomic mass is 35.5. The highest BCUT2D eigenvalue weighted by Crippen LogP contribution is 2.73. The fourth-order valence-electron chi connectivity index (χ4n) is 9.74. The van der Waals surface area contributed by atoms with Gasteiger partial charge in [0.1, 0.15) is 5.75 Å². The van der Waals surface area contributed by atoms with E-state index in [1.54, 1.807) is 0 Å². The second-order valence-corrected chi connectivity index (χ2v) is 14.7. The van der Waals surface area contributed by atoms with Crippen LogP contribution < -0.4 is 10.6 Å². The van der Waals surface area contributed by atoms with E-state index in [0.29, 0.717) is 22.6 Å². The van der Waals surface area contributed by atoms with Crippen molar-refractivity contribution in [3.05, 3.63) is 99.8 Å². The first-order valence-electron chi connectivity index (χ1n) is 15.0. The van der Waals surface area contributed by atoms with Gasteiger partial charge in [-0.1, -0.05) is 89.2 Å². The second kappa shape index (κ2) is 9.67. The molecule has 222 valence electrons. The molecule has 3 nitrogen and oxygen atoms in total. The number of nitrogens with two attached hydrogens (primary N) is 1. The van der Waals surface area contributed by atoms with Gasteiger partial charge >= 0.3 is 0 Å². The first kappa shape index (κ1) is 30.3. The lowest BCUT2D eigenvalue weighted by Gasteiger charge is -2.65. The molecule has 4 atom stereocenters. The number of phenolic OH excluding ortho intramolecular Hbond substituents is 1. The van der Waals surface area contributed by atoms with Gasteiger partial charge in [-0.15, -0.1) is 0 Å². The lowest BCUT2D eigenvalue weighted by molar-refractivity contribution is -0.0106. The van der Waals surface area contributed by atoms with Gasteiger partial charge in [-0.25, -0.2) is 0 Å². The van der Waals surface area contributed by atoms with Crippen LogP contribution in [0.5, 0.6) is 5.75 Å². The average Bonchev–Trinajstić information content (AvgIpc) is 2.85. The fraction of sp³-hybridized carbons (Fsp3) is 0.421. The number of benzene rings is 2. The maximum atomic E-state index is 12.0. The summed E-state index contributed by atoms with van der Waals surface area (Å²) in [5.41, 5.74) is 17.9. The largest absolute Gasteiger partial charge is 0.507 e. The van der Waals surface area contributed by atoms with E-state index in [0.717, 1.165) is 57.5 Å². The molecule has 0 aromatic heterocycles. The Bertz CT molecular complexity index is 1640. The van der Waals surface area contributed by atoms with Crippen molar-refractivity contribution in [1.82, 2.24) is 0 Å². The Morgan fingerprint density at radius 1 is 1.12 bits per heavy atom. The molecule has 5 rings (SSSR count). The summed E-state index contributed by atoms with van der Waals surface area (Å²) in [5.74, 6) is 0.978. The molecule has 0 heterocycles. The zero-order chi connectivity index (χ0) is 31.3. The molecule has 3 aliphatic carbocycles. The summed E-state index contributed by atoms with van der Waals surface area (Å²) in [5, 5.41) is 12.6. The third-order valence-electron chi connectivity index (χ3n) is 11.2. The van der Waals surface area contributed by atoms with Crippen LogP contribution in [0.15, 0.2) is 83.6 Å². The van der Waals surface area contributed by atoms with Gasteiger partial charge in [0.2, 0.25) is 0 Å². The van der Waals surface area contributed by atoms with E-state index in [-0.39, 0.29) is 22.0 Å². The minimum atomic E-state index is -0.362. The summed E-state index contributed by atoms with van der Waals surface area (Å²) in [6.07, 6.45) is 1.78. The number of hydrogen-bond acceptors (Lipinski definition) is 3.